The second-order valence-electron chi connectivity index (χ2n) is 3.79. The van der Waals surface area contributed by atoms with Crippen molar-refractivity contribution in [1.82, 2.24) is 0 Å². The second kappa shape index (κ2) is 3.25. The molecule has 1 heteroatoms. The highest BCUT2D eigenvalue weighted by molar-refractivity contribution is 5.62. The number of para-hydroxylation sites is 1. The molecule has 0 atom stereocenters. The highest BCUT2D eigenvalue weighted by Crippen LogP contribution is 2.29. The van der Waals surface area contributed by atoms with Crippen LogP contribution in [0, 0.1) is 0 Å². The van der Waals surface area contributed by atoms with E-state index in [2.05, 4.69) is 43.4 Å². The van der Waals surface area contributed by atoms with E-state index in [1.165, 1.54) is 16.8 Å². The molecule has 1 aliphatic heterocycles. The molecule has 0 fully saturated rings. The number of nitrogens with one attached hydrogen (secondary N) is 1. The molecule has 1 N–H and O–H groups in total. The third kappa shape index (κ3) is 1.46. The van der Waals surface area contributed by atoms with Crippen LogP contribution in [0.5, 0.6) is 0 Å². The molecule has 0 aliphatic carbocycles. The average Bonchev–Trinajstić information content (AvgIpc) is 2.17. The van der Waals surface area contributed by atoms with Crippen molar-refractivity contribution in [2.45, 2.75) is 26.2 Å². The Hall–Kier alpha value is -1.24. The van der Waals surface area contributed by atoms with Crippen LogP contribution in [-0.2, 0) is 6.42 Å². The molecule has 0 spiro atoms. The van der Waals surface area contributed by atoms with Crippen LogP contribution in [0.2, 0.25) is 0 Å². The molecule has 1 aromatic carbocycles. The first-order chi connectivity index (χ1) is 6.29. The van der Waals surface area contributed by atoms with Gasteiger partial charge >= 0.3 is 0 Å². The smallest absolute Gasteiger partial charge is 0.0450 e. The molecule has 68 valence electrons. The Morgan fingerprint density at radius 2 is 2.15 bits per heavy atom. The summed E-state index contributed by atoms with van der Waals surface area (Å²) in [6.45, 7) is 4.46. The van der Waals surface area contributed by atoms with Crippen molar-refractivity contribution in [3.05, 3.63) is 41.6 Å². The van der Waals surface area contributed by atoms with Crippen molar-refractivity contribution < 1.29 is 0 Å². The zero-order chi connectivity index (χ0) is 9.26. The van der Waals surface area contributed by atoms with Gasteiger partial charge in [-0.1, -0.05) is 38.1 Å². The number of benzene rings is 1. The molecule has 0 saturated carbocycles. The van der Waals surface area contributed by atoms with Crippen molar-refractivity contribution in [2.24, 2.45) is 0 Å². The molecule has 1 heterocycles. The molecule has 13 heavy (non-hydrogen) atoms. The molecule has 0 unspecified atom stereocenters. The Labute approximate surface area is 79.5 Å². The van der Waals surface area contributed by atoms with Gasteiger partial charge in [0, 0.05) is 5.69 Å². The summed E-state index contributed by atoms with van der Waals surface area (Å²) in [6, 6.07) is 6.54. The lowest BCUT2D eigenvalue weighted by Crippen LogP contribution is -2.04. The van der Waals surface area contributed by atoms with Crippen LogP contribution < -0.4 is 5.32 Å². The van der Waals surface area contributed by atoms with Gasteiger partial charge in [-0.3, -0.25) is 0 Å². The molecule has 1 aliphatic rings. The predicted molar refractivity (Wildman–Crippen MR) is 57.0 cm³/mol. The van der Waals surface area contributed by atoms with E-state index in [1.54, 1.807) is 0 Å². The number of anilines is 1. The molecule has 0 bridgehead atoms. The van der Waals surface area contributed by atoms with Crippen LogP contribution in [0.15, 0.2) is 30.5 Å². The molecule has 0 radical (unpaired) electrons. The first-order valence-electron chi connectivity index (χ1n) is 4.82. The van der Waals surface area contributed by atoms with Gasteiger partial charge in [-0.2, -0.15) is 0 Å². The summed E-state index contributed by atoms with van der Waals surface area (Å²) in [5.41, 5.74) is 4.15. The van der Waals surface area contributed by atoms with E-state index < -0.39 is 0 Å². The molecular weight excluding hydrogens is 158 g/mol. The molecule has 0 saturated heterocycles. The number of rotatable bonds is 1. The Kier molecular flexibility index (Phi) is 2.09. The second-order valence-corrected chi connectivity index (χ2v) is 3.79. The van der Waals surface area contributed by atoms with Crippen molar-refractivity contribution in [2.75, 3.05) is 5.32 Å². The number of hydrogen-bond donors (Lipinski definition) is 1. The molecule has 0 amide bonds. The van der Waals surface area contributed by atoms with Crippen LogP contribution in [-0.4, -0.2) is 0 Å². The fraction of sp³-hybridized carbons (Fsp3) is 0.333. The van der Waals surface area contributed by atoms with Crippen LogP contribution in [0.25, 0.3) is 0 Å². The maximum atomic E-state index is 3.33. The monoisotopic (exact) mass is 173 g/mol. The van der Waals surface area contributed by atoms with Gasteiger partial charge in [0.05, 0.1) is 0 Å². The van der Waals surface area contributed by atoms with E-state index in [-0.39, 0.29) is 0 Å². The van der Waals surface area contributed by atoms with Crippen LogP contribution >= 0.6 is 0 Å². The number of allylic oxidation sites excluding steroid dienone is 1. The third-order valence-corrected chi connectivity index (χ3v) is 2.49. The fourth-order valence-corrected chi connectivity index (χ4v) is 1.78. The lowest BCUT2D eigenvalue weighted by Gasteiger charge is -2.19. The zero-order valence-corrected chi connectivity index (χ0v) is 8.17. The third-order valence-electron chi connectivity index (χ3n) is 2.49. The highest BCUT2D eigenvalue weighted by atomic mass is 14.9. The van der Waals surface area contributed by atoms with Gasteiger partial charge in [-0.05, 0) is 29.7 Å². The molecule has 1 aromatic rings. The van der Waals surface area contributed by atoms with Gasteiger partial charge in [-0.25, -0.2) is 0 Å². The summed E-state index contributed by atoms with van der Waals surface area (Å²) in [5.74, 6) is 0.592. The van der Waals surface area contributed by atoms with Gasteiger partial charge in [0.2, 0.25) is 0 Å². The van der Waals surface area contributed by atoms with Gasteiger partial charge in [0.1, 0.15) is 0 Å². The van der Waals surface area contributed by atoms with Gasteiger partial charge in [0.15, 0.2) is 0 Å². The van der Waals surface area contributed by atoms with Crippen molar-refractivity contribution in [3.63, 3.8) is 0 Å². The standard InChI is InChI=1S/C12H15N/c1-9(2)11-7-3-5-10-6-4-8-13-12(10)11/h3-5,7-9,13H,6H2,1-2H3. The predicted octanol–water partition coefficient (Wildman–Crippen LogP) is 3.29. The zero-order valence-electron chi connectivity index (χ0n) is 8.17. The minimum atomic E-state index is 0.592. The highest BCUT2D eigenvalue weighted by Gasteiger charge is 2.10. The SMILES string of the molecule is CC(C)c1cccc2c1NC=CC2. The minimum Gasteiger partial charge on any atom is -0.362 e. The fourth-order valence-electron chi connectivity index (χ4n) is 1.78. The summed E-state index contributed by atoms with van der Waals surface area (Å²) >= 11 is 0. The topological polar surface area (TPSA) is 12.0 Å². The maximum absolute atomic E-state index is 3.33. The number of hydrogen-bond acceptors (Lipinski definition) is 1. The largest absolute Gasteiger partial charge is 0.362 e. The minimum absolute atomic E-state index is 0.592. The summed E-state index contributed by atoms with van der Waals surface area (Å²) in [6.07, 6.45) is 5.25. The van der Waals surface area contributed by atoms with E-state index in [4.69, 9.17) is 0 Å². The van der Waals surface area contributed by atoms with Crippen molar-refractivity contribution in [3.8, 4) is 0 Å². The lowest BCUT2D eigenvalue weighted by atomic mass is 9.95. The normalized spacial score (nSPS) is 14.1. The van der Waals surface area contributed by atoms with E-state index in [1.807, 2.05) is 6.20 Å². The molecule has 1 nitrogen and oxygen atoms in total. The van der Waals surface area contributed by atoms with E-state index in [9.17, 15) is 0 Å². The Balaban J connectivity index is 2.49. The van der Waals surface area contributed by atoms with Crippen LogP contribution in [0.3, 0.4) is 0 Å². The van der Waals surface area contributed by atoms with E-state index >= 15 is 0 Å². The molecular formula is C12H15N. The summed E-state index contributed by atoms with van der Waals surface area (Å²) in [7, 11) is 0. The quantitative estimate of drug-likeness (QED) is 0.687. The Morgan fingerprint density at radius 3 is 2.92 bits per heavy atom. The molecule has 2 rings (SSSR count). The Bertz CT molecular complexity index is 337. The maximum Gasteiger partial charge on any atom is 0.0450 e. The first-order valence-corrected chi connectivity index (χ1v) is 4.82. The first kappa shape index (κ1) is 8.36. The summed E-state index contributed by atoms with van der Waals surface area (Å²) in [5, 5.41) is 3.33. The summed E-state index contributed by atoms with van der Waals surface area (Å²) in [4.78, 5) is 0. The van der Waals surface area contributed by atoms with Gasteiger partial charge in [0.25, 0.3) is 0 Å². The summed E-state index contributed by atoms with van der Waals surface area (Å²) < 4.78 is 0. The van der Waals surface area contributed by atoms with E-state index in [0.29, 0.717) is 5.92 Å². The average molecular weight is 173 g/mol. The van der Waals surface area contributed by atoms with Crippen LogP contribution in [0.4, 0.5) is 5.69 Å². The van der Waals surface area contributed by atoms with Crippen molar-refractivity contribution in [1.29, 1.82) is 0 Å². The number of fused-ring (bicyclic) bond motifs is 1. The Morgan fingerprint density at radius 1 is 1.31 bits per heavy atom. The van der Waals surface area contributed by atoms with Crippen LogP contribution in [0.1, 0.15) is 30.9 Å². The van der Waals surface area contributed by atoms with Crippen molar-refractivity contribution >= 4 is 5.69 Å². The van der Waals surface area contributed by atoms with Gasteiger partial charge < -0.3 is 5.32 Å². The van der Waals surface area contributed by atoms with E-state index in [0.717, 1.165) is 6.42 Å². The van der Waals surface area contributed by atoms with Gasteiger partial charge in [-0.15, -0.1) is 0 Å². The molecule has 0 aromatic heterocycles. The lowest BCUT2D eigenvalue weighted by molar-refractivity contribution is 0.865.